The molecule has 1 unspecified atom stereocenters. The van der Waals surface area contributed by atoms with Gasteiger partial charge in [-0.3, -0.25) is 0 Å². The third-order valence-corrected chi connectivity index (χ3v) is 3.55. The average Bonchev–Trinajstić information content (AvgIpc) is 2.53. The van der Waals surface area contributed by atoms with Crippen molar-refractivity contribution in [2.24, 2.45) is 0 Å². The fourth-order valence-electron chi connectivity index (χ4n) is 2.29. The van der Waals surface area contributed by atoms with Gasteiger partial charge in [-0.15, -0.1) is 0 Å². The van der Waals surface area contributed by atoms with Gasteiger partial charge in [0.25, 0.3) is 0 Å². The lowest BCUT2D eigenvalue weighted by Crippen LogP contribution is -2.13. The number of anilines is 2. The number of benzene rings is 1. The van der Waals surface area contributed by atoms with Crippen molar-refractivity contribution in [2.75, 3.05) is 17.2 Å². The molecule has 0 saturated carbocycles. The van der Waals surface area contributed by atoms with Gasteiger partial charge < -0.3 is 10.6 Å². The monoisotopic (exact) mass is 284 g/mol. The van der Waals surface area contributed by atoms with Crippen molar-refractivity contribution in [1.29, 1.82) is 0 Å². The summed E-state index contributed by atoms with van der Waals surface area (Å²) in [4.78, 5) is 8.72. The van der Waals surface area contributed by atoms with E-state index in [1.165, 1.54) is 5.56 Å². The summed E-state index contributed by atoms with van der Waals surface area (Å²) in [6, 6.07) is 10.7. The summed E-state index contributed by atoms with van der Waals surface area (Å²) in [5.41, 5.74) is 2.35. The van der Waals surface area contributed by atoms with E-state index in [0.29, 0.717) is 0 Å². The third-order valence-electron chi connectivity index (χ3n) is 3.55. The zero-order valence-corrected chi connectivity index (χ0v) is 13.1. The van der Waals surface area contributed by atoms with E-state index in [-0.39, 0.29) is 6.04 Å². The molecule has 0 spiro atoms. The second kappa shape index (κ2) is 7.62. The maximum atomic E-state index is 4.40. The first-order chi connectivity index (χ1) is 10.3. The van der Waals surface area contributed by atoms with Gasteiger partial charge in [-0.25, -0.2) is 9.97 Å². The third kappa shape index (κ3) is 3.94. The predicted molar refractivity (Wildman–Crippen MR) is 88.6 cm³/mol. The van der Waals surface area contributed by atoms with Crippen molar-refractivity contribution in [3.8, 4) is 0 Å². The Hall–Kier alpha value is -2.10. The minimum Gasteiger partial charge on any atom is -0.370 e. The van der Waals surface area contributed by atoms with Gasteiger partial charge in [-0.2, -0.15) is 0 Å². The number of rotatable bonds is 7. The second-order valence-electron chi connectivity index (χ2n) is 5.14. The van der Waals surface area contributed by atoms with Crippen molar-refractivity contribution in [3.63, 3.8) is 0 Å². The molecule has 1 heterocycles. The highest BCUT2D eigenvalue weighted by Crippen LogP contribution is 2.25. The second-order valence-corrected chi connectivity index (χ2v) is 5.14. The highest BCUT2D eigenvalue weighted by atomic mass is 15.1. The Kier molecular flexibility index (Phi) is 5.55. The molecular formula is C17H24N4. The maximum Gasteiger partial charge on any atom is 0.134 e. The minimum absolute atomic E-state index is 0.263. The number of nitrogens with zero attached hydrogens (tertiary/aromatic N) is 2. The van der Waals surface area contributed by atoms with E-state index in [4.69, 9.17) is 0 Å². The molecule has 0 bridgehead atoms. The molecule has 0 amide bonds. The van der Waals surface area contributed by atoms with E-state index in [2.05, 4.69) is 65.6 Å². The lowest BCUT2D eigenvalue weighted by Gasteiger charge is -2.20. The molecule has 4 heteroatoms. The molecule has 4 nitrogen and oxygen atoms in total. The van der Waals surface area contributed by atoms with E-state index in [0.717, 1.165) is 36.6 Å². The molecule has 0 radical (unpaired) electrons. The van der Waals surface area contributed by atoms with Crippen LogP contribution in [-0.4, -0.2) is 16.5 Å². The van der Waals surface area contributed by atoms with Crippen LogP contribution < -0.4 is 10.6 Å². The van der Waals surface area contributed by atoms with Crippen LogP contribution in [0.3, 0.4) is 0 Å². The van der Waals surface area contributed by atoms with Crippen molar-refractivity contribution < 1.29 is 0 Å². The summed E-state index contributed by atoms with van der Waals surface area (Å²) in [5, 5.41) is 6.88. The van der Waals surface area contributed by atoms with Crippen LogP contribution in [0.25, 0.3) is 0 Å². The van der Waals surface area contributed by atoms with Gasteiger partial charge in [0.1, 0.15) is 18.0 Å². The molecule has 2 aromatic rings. The molecular weight excluding hydrogens is 260 g/mol. The average molecular weight is 284 g/mol. The summed E-state index contributed by atoms with van der Waals surface area (Å²) in [5.74, 6) is 1.82. The first-order valence-electron chi connectivity index (χ1n) is 7.63. The molecule has 2 rings (SSSR count). The summed E-state index contributed by atoms with van der Waals surface area (Å²) in [6.07, 6.45) is 3.70. The maximum absolute atomic E-state index is 4.40. The van der Waals surface area contributed by atoms with E-state index >= 15 is 0 Å². The molecule has 0 fully saturated rings. The fourth-order valence-corrected chi connectivity index (χ4v) is 2.29. The van der Waals surface area contributed by atoms with Crippen LogP contribution in [0.5, 0.6) is 0 Å². The van der Waals surface area contributed by atoms with Gasteiger partial charge in [0.05, 0.1) is 6.04 Å². The van der Waals surface area contributed by atoms with Crippen LogP contribution >= 0.6 is 0 Å². The highest BCUT2D eigenvalue weighted by molar-refractivity contribution is 5.57. The molecule has 21 heavy (non-hydrogen) atoms. The molecule has 112 valence electrons. The Morgan fingerprint density at radius 1 is 1.05 bits per heavy atom. The van der Waals surface area contributed by atoms with Crippen LogP contribution in [0.2, 0.25) is 0 Å². The summed E-state index contributed by atoms with van der Waals surface area (Å²) < 4.78 is 0. The van der Waals surface area contributed by atoms with Crippen molar-refractivity contribution >= 4 is 11.6 Å². The van der Waals surface area contributed by atoms with E-state index in [9.17, 15) is 0 Å². The standard InChI is InChI=1S/C17H24N4/c1-4-11-18-16-13(3)17(20-12-19-16)21-15(5-2)14-9-7-6-8-10-14/h6-10,12,15H,4-5,11H2,1-3H3,(H2,18,19,20,21). The zero-order valence-electron chi connectivity index (χ0n) is 13.1. The molecule has 1 aromatic heterocycles. The normalized spacial score (nSPS) is 12.0. The van der Waals surface area contributed by atoms with E-state index in [1.54, 1.807) is 6.33 Å². The van der Waals surface area contributed by atoms with Crippen LogP contribution in [0.15, 0.2) is 36.7 Å². The summed E-state index contributed by atoms with van der Waals surface area (Å²) >= 11 is 0. The highest BCUT2D eigenvalue weighted by Gasteiger charge is 2.12. The molecule has 0 saturated heterocycles. The summed E-state index contributed by atoms with van der Waals surface area (Å²) in [6.45, 7) is 7.30. The van der Waals surface area contributed by atoms with Gasteiger partial charge in [-0.1, -0.05) is 44.2 Å². The quantitative estimate of drug-likeness (QED) is 0.801. The predicted octanol–water partition coefficient (Wildman–Crippen LogP) is 4.17. The first kappa shape index (κ1) is 15.3. The Morgan fingerprint density at radius 3 is 2.43 bits per heavy atom. The fraction of sp³-hybridized carbons (Fsp3) is 0.412. The van der Waals surface area contributed by atoms with Crippen molar-refractivity contribution in [3.05, 3.63) is 47.8 Å². The van der Waals surface area contributed by atoms with Crippen molar-refractivity contribution in [1.82, 2.24) is 9.97 Å². The van der Waals surface area contributed by atoms with Gasteiger partial charge >= 0.3 is 0 Å². The topological polar surface area (TPSA) is 49.8 Å². The molecule has 0 aliphatic heterocycles. The first-order valence-corrected chi connectivity index (χ1v) is 7.63. The van der Waals surface area contributed by atoms with Crippen LogP contribution in [0, 0.1) is 6.92 Å². The van der Waals surface area contributed by atoms with Crippen LogP contribution in [0.1, 0.15) is 43.9 Å². The van der Waals surface area contributed by atoms with Gasteiger partial charge in [0, 0.05) is 12.1 Å². The minimum atomic E-state index is 0.263. The van der Waals surface area contributed by atoms with Crippen molar-refractivity contribution in [2.45, 2.75) is 39.7 Å². The van der Waals surface area contributed by atoms with Gasteiger partial charge in [-0.05, 0) is 25.3 Å². The molecule has 0 aliphatic rings. The van der Waals surface area contributed by atoms with E-state index in [1.807, 2.05) is 6.07 Å². The number of aromatic nitrogens is 2. The Bertz CT molecular complexity index is 554. The van der Waals surface area contributed by atoms with Crippen LogP contribution in [0.4, 0.5) is 11.6 Å². The Balaban J connectivity index is 2.18. The van der Waals surface area contributed by atoms with Gasteiger partial charge in [0.2, 0.25) is 0 Å². The number of nitrogens with one attached hydrogen (secondary N) is 2. The summed E-state index contributed by atoms with van der Waals surface area (Å²) in [7, 11) is 0. The molecule has 2 N–H and O–H groups in total. The Labute approximate surface area is 127 Å². The Morgan fingerprint density at radius 2 is 1.76 bits per heavy atom. The smallest absolute Gasteiger partial charge is 0.134 e. The SMILES string of the molecule is CCCNc1ncnc(NC(CC)c2ccccc2)c1C. The zero-order chi connectivity index (χ0) is 15.1. The molecule has 1 atom stereocenters. The van der Waals surface area contributed by atoms with Crippen LogP contribution in [-0.2, 0) is 0 Å². The molecule has 0 aliphatic carbocycles. The molecule has 1 aromatic carbocycles. The lowest BCUT2D eigenvalue weighted by atomic mass is 10.0. The van der Waals surface area contributed by atoms with E-state index < -0.39 is 0 Å². The number of hydrogen-bond donors (Lipinski definition) is 2. The number of hydrogen-bond acceptors (Lipinski definition) is 4. The largest absolute Gasteiger partial charge is 0.370 e. The van der Waals surface area contributed by atoms with Gasteiger partial charge in [0.15, 0.2) is 0 Å². The lowest BCUT2D eigenvalue weighted by molar-refractivity contribution is 0.742.